The van der Waals surface area contributed by atoms with Crippen LogP contribution in [0.4, 0.5) is 0 Å². The second kappa shape index (κ2) is 6.50. The molecule has 0 fully saturated rings. The van der Waals surface area contributed by atoms with Crippen LogP contribution in [0.15, 0.2) is 70.5 Å². The topological polar surface area (TPSA) is 95.3 Å². The standard InChI is InChI=1S/C13H10N2O4S3/c14-11-20-15(21(16,17)12-7-3-1-4-8-12)22(18,19)13-9-5-2-6-10-13/h1-10H. The second-order valence-corrected chi connectivity index (χ2v) is 8.98. The SMILES string of the molecule is N#CSN(S(=O)(=O)c1ccccc1)S(=O)(=O)c1ccccc1. The monoisotopic (exact) mass is 354 g/mol. The highest BCUT2D eigenvalue weighted by Gasteiger charge is 2.37. The van der Waals surface area contributed by atoms with E-state index in [1.54, 1.807) is 12.1 Å². The number of nitriles is 1. The molecule has 0 bridgehead atoms. The van der Waals surface area contributed by atoms with E-state index in [0.717, 1.165) is 0 Å². The molecule has 0 aliphatic heterocycles. The average Bonchev–Trinajstić information content (AvgIpc) is 2.54. The molecule has 0 heterocycles. The van der Waals surface area contributed by atoms with E-state index in [-0.39, 0.29) is 24.9 Å². The molecular weight excluding hydrogens is 344 g/mol. The Balaban J connectivity index is 2.59. The molecule has 2 rings (SSSR count). The van der Waals surface area contributed by atoms with Crippen molar-refractivity contribution < 1.29 is 16.8 Å². The Hall–Kier alpha value is -1.86. The van der Waals surface area contributed by atoms with E-state index in [9.17, 15) is 16.8 Å². The second-order valence-electron chi connectivity index (χ2n) is 3.98. The van der Waals surface area contributed by atoms with Gasteiger partial charge >= 0.3 is 0 Å². The van der Waals surface area contributed by atoms with Crippen LogP contribution in [0.1, 0.15) is 0 Å². The number of nitrogens with zero attached hydrogens (tertiary/aromatic N) is 2. The minimum Gasteiger partial charge on any atom is -0.205 e. The van der Waals surface area contributed by atoms with Crippen molar-refractivity contribution in [3.05, 3.63) is 60.7 Å². The molecule has 0 N–H and O–H groups in total. The molecule has 0 saturated carbocycles. The van der Waals surface area contributed by atoms with Crippen molar-refractivity contribution in [1.29, 1.82) is 5.26 Å². The Kier molecular flexibility index (Phi) is 4.87. The van der Waals surface area contributed by atoms with Gasteiger partial charge in [-0.2, -0.15) is 5.26 Å². The van der Waals surface area contributed by atoms with Crippen molar-refractivity contribution in [2.75, 3.05) is 0 Å². The van der Waals surface area contributed by atoms with Gasteiger partial charge in [-0.1, -0.05) is 36.4 Å². The fourth-order valence-corrected chi connectivity index (χ4v) is 6.08. The highest BCUT2D eigenvalue weighted by atomic mass is 32.3. The van der Waals surface area contributed by atoms with Gasteiger partial charge in [0.05, 0.1) is 21.7 Å². The summed E-state index contributed by atoms with van der Waals surface area (Å²) in [5.74, 6) is 0. The van der Waals surface area contributed by atoms with Crippen molar-refractivity contribution in [2.24, 2.45) is 0 Å². The summed E-state index contributed by atoms with van der Waals surface area (Å²) in [4.78, 5) is -0.422. The summed E-state index contributed by atoms with van der Waals surface area (Å²) in [6.07, 6.45) is 0. The molecule has 2 aromatic rings. The van der Waals surface area contributed by atoms with E-state index in [2.05, 4.69) is 0 Å². The first-order chi connectivity index (χ1) is 10.4. The van der Waals surface area contributed by atoms with Gasteiger partial charge in [0.15, 0.2) is 5.40 Å². The van der Waals surface area contributed by atoms with Gasteiger partial charge in [0.2, 0.25) is 0 Å². The Morgan fingerprint density at radius 2 is 1.14 bits per heavy atom. The van der Waals surface area contributed by atoms with Crippen molar-refractivity contribution in [3.8, 4) is 5.40 Å². The normalized spacial score (nSPS) is 12.0. The third kappa shape index (κ3) is 3.15. The molecule has 0 spiro atoms. The Morgan fingerprint density at radius 1 is 0.773 bits per heavy atom. The molecule has 0 aliphatic rings. The van der Waals surface area contributed by atoms with E-state index >= 15 is 0 Å². The predicted octanol–water partition coefficient (Wildman–Crippen LogP) is 2.20. The van der Waals surface area contributed by atoms with Gasteiger partial charge in [-0.25, -0.2) is 16.8 Å². The zero-order valence-electron chi connectivity index (χ0n) is 11.0. The third-order valence-electron chi connectivity index (χ3n) is 2.59. The molecule has 0 unspecified atom stereocenters. The van der Waals surface area contributed by atoms with Crippen molar-refractivity contribution >= 4 is 32.0 Å². The lowest BCUT2D eigenvalue weighted by Crippen LogP contribution is -2.30. The summed E-state index contributed by atoms with van der Waals surface area (Å²) < 4.78 is 50.2. The number of rotatable bonds is 5. The van der Waals surface area contributed by atoms with Crippen molar-refractivity contribution in [2.45, 2.75) is 9.79 Å². The van der Waals surface area contributed by atoms with Crippen molar-refractivity contribution in [1.82, 2.24) is 3.12 Å². The summed E-state index contributed by atoms with van der Waals surface area (Å²) in [6, 6.07) is 14.1. The highest BCUT2D eigenvalue weighted by Crippen LogP contribution is 2.30. The molecule has 0 radical (unpaired) electrons. The summed E-state index contributed by atoms with van der Waals surface area (Å²) in [5.41, 5.74) is 0. The summed E-state index contributed by atoms with van der Waals surface area (Å²) in [7, 11) is -8.77. The summed E-state index contributed by atoms with van der Waals surface area (Å²) >= 11 is 0.0429. The maximum absolute atomic E-state index is 12.5. The van der Waals surface area contributed by atoms with Crippen LogP contribution in [0.5, 0.6) is 0 Å². The smallest absolute Gasteiger partial charge is 0.205 e. The quantitative estimate of drug-likeness (QED) is 0.603. The summed E-state index contributed by atoms with van der Waals surface area (Å²) in [6.45, 7) is 0. The van der Waals surface area contributed by atoms with Gasteiger partial charge in [-0.15, -0.1) is 0 Å². The molecule has 114 valence electrons. The van der Waals surface area contributed by atoms with Gasteiger partial charge in [0.1, 0.15) is 0 Å². The minimum absolute atomic E-state index is 0.0429. The molecule has 9 heteroatoms. The van der Waals surface area contributed by atoms with Gasteiger partial charge < -0.3 is 0 Å². The van der Waals surface area contributed by atoms with Crippen LogP contribution in [0, 0.1) is 10.7 Å². The van der Waals surface area contributed by atoms with Gasteiger partial charge in [0, 0.05) is 0 Å². The number of hydrogen-bond acceptors (Lipinski definition) is 6. The molecule has 0 atom stereocenters. The van der Waals surface area contributed by atoms with Gasteiger partial charge in [-0.3, -0.25) is 0 Å². The van der Waals surface area contributed by atoms with Crippen LogP contribution in [0.2, 0.25) is 0 Å². The molecule has 22 heavy (non-hydrogen) atoms. The fraction of sp³-hybridized carbons (Fsp3) is 0. The largest absolute Gasteiger partial charge is 0.266 e. The van der Waals surface area contributed by atoms with Crippen LogP contribution in [-0.2, 0) is 20.0 Å². The number of benzene rings is 2. The lowest BCUT2D eigenvalue weighted by Gasteiger charge is -2.17. The maximum atomic E-state index is 12.5. The van der Waals surface area contributed by atoms with E-state index in [0.29, 0.717) is 0 Å². The van der Waals surface area contributed by atoms with Crippen molar-refractivity contribution in [3.63, 3.8) is 0 Å². The van der Waals surface area contributed by atoms with E-state index < -0.39 is 20.0 Å². The van der Waals surface area contributed by atoms with Gasteiger partial charge in [-0.05, 0) is 27.4 Å². The molecule has 0 amide bonds. The highest BCUT2D eigenvalue weighted by molar-refractivity contribution is 8.22. The predicted molar refractivity (Wildman–Crippen MR) is 82.3 cm³/mol. The average molecular weight is 354 g/mol. The van der Waals surface area contributed by atoms with E-state index in [4.69, 9.17) is 5.26 Å². The molecule has 6 nitrogen and oxygen atoms in total. The van der Waals surface area contributed by atoms with Crippen LogP contribution < -0.4 is 0 Å². The van der Waals surface area contributed by atoms with Crippen LogP contribution in [0.3, 0.4) is 0 Å². The van der Waals surface area contributed by atoms with E-state index in [1.165, 1.54) is 53.9 Å². The first kappa shape index (κ1) is 16.5. The molecule has 0 aromatic heterocycles. The molecule has 2 aromatic carbocycles. The van der Waals surface area contributed by atoms with Crippen LogP contribution in [-0.4, -0.2) is 20.0 Å². The number of sulfonamides is 2. The number of hydrogen-bond donors (Lipinski definition) is 0. The summed E-state index contributed by atoms with van der Waals surface area (Å²) in [5, 5.41) is 10.3. The first-order valence-corrected chi connectivity index (χ1v) is 9.53. The van der Waals surface area contributed by atoms with Crippen LogP contribution in [0.25, 0.3) is 0 Å². The lowest BCUT2D eigenvalue weighted by molar-refractivity contribution is 0.555. The zero-order chi connectivity index (χ0) is 16.2. The molecule has 0 aliphatic carbocycles. The number of thiocyanates is 1. The zero-order valence-corrected chi connectivity index (χ0v) is 13.5. The Morgan fingerprint density at radius 3 is 1.45 bits per heavy atom. The fourth-order valence-electron chi connectivity index (χ4n) is 1.62. The van der Waals surface area contributed by atoms with E-state index in [1.807, 2.05) is 0 Å². The molecule has 0 saturated heterocycles. The Labute approximate surface area is 133 Å². The minimum atomic E-state index is -4.38. The third-order valence-corrected chi connectivity index (χ3v) is 8.14. The maximum Gasteiger partial charge on any atom is 0.266 e. The first-order valence-electron chi connectivity index (χ1n) is 5.87. The lowest BCUT2D eigenvalue weighted by atomic mass is 10.4. The molecular formula is C13H10N2O4S3. The van der Waals surface area contributed by atoms with Gasteiger partial charge in [0.25, 0.3) is 20.0 Å². The van der Waals surface area contributed by atoms with Crippen LogP contribution >= 0.6 is 11.9 Å². The Bertz CT molecular complexity index is 820.